The molecule has 1 aliphatic rings. The second kappa shape index (κ2) is 6.25. The Kier molecular flexibility index (Phi) is 5.43. The number of hydrogen-bond donors (Lipinski definition) is 1. The van der Waals surface area contributed by atoms with Crippen molar-refractivity contribution in [2.24, 2.45) is 11.3 Å². The summed E-state index contributed by atoms with van der Waals surface area (Å²) in [5.74, 6) is 0.745. The number of amides is 1. The minimum absolute atomic E-state index is 0.0251. The summed E-state index contributed by atoms with van der Waals surface area (Å²) in [4.78, 5) is 14.8. The SMILES string of the molecule is CCCCC1NC(C(C)C)N(C(C)C(C)(C)C)C1=O. The van der Waals surface area contributed by atoms with Crippen LogP contribution in [0.4, 0.5) is 0 Å². The smallest absolute Gasteiger partial charge is 0.241 e. The molecule has 1 aliphatic heterocycles. The van der Waals surface area contributed by atoms with Crippen molar-refractivity contribution >= 4 is 5.91 Å². The van der Waals surface area contributed by atoms with Crippen LogP contribution in [0.15, 0.2) is 0 Å². The number of nitrogens with zero attached hydrogens (tertiary/aromatic N) is 1. The zero-order valence-electron chi connectivity index (χ0n) is 13.8. The van der Waals surface area contributed by atoms with Crippen molar-refractivity contribution in [1.82, 2.24) is 10.2 Å². The maximum Gasteiger partial charge on any atom is 0.241 e. The normalized spacial score (nSPS) is 26.3. The highest BCUT2D eigenvalue weighted by atomic mass is 16.2. The van der Waals surface area contributed by atoms with Gasteiger partial charge >= 0.3 is 0 Å². The van der Waals surface area contributed by atoms with Gasteiger partial charge in [-0.25, -0.2) is 0 Å². The summed E-state index contributed by atoms with van der Waals surface area (Å²) in [6, 6.07) is 0.281. The Morgan fingerprint density at radius 1 is 1.26 bits per heavy atom. The quantitative estimate of drug-likeness (QED) is 0.829. The van der Waals surface area contributed by atoms with Crippen molar-refractivity contribution in [3.05, 3.63) is 0 Å². The van der Waals surface area contributed by atoms with Crippen molar-refractivity contribution in [3.63, 3.8) is 0 Å². The average Bonchev–Trinajstić information content (AvgIpc) is 2.61. The van der Waals surface area contributed by atoms with E-state index < -0.39 is 0 Å². The van der Waals surface area contributed by atoms with Gasteiger partial charge in [0.1, 0.15) is 0 Å². The van der Waals surface area contributed by atoms with Gasteiger partial charge < -0.3 is 4.90 Å². The van der Waals surface area contributed by atoms with Crippen molar-refractivity contribution in [2.75, 3.05) is 0 Å². The minimum Gasteiger partial charge on any atom is -0.322 e. The van der Waals surface area contributed by atoms with Gasteiger partial charge in [0.25, 0.3) is 0 Å². The lowest BCUT2D eigenvalue weighted by molar-refractivity contribution is -0.135. The molecular formula is C16H32N2O. The fraction of sp³-hybridized carbons (Fsp3) is 0.938. The fourth-order valence-electron chi connectivity index (χ4n) is 2.65. The Morgan fingerprint density at radius 2 is 1.84 bits per heavy atom. The van der Waals surface area contributed by atoms with Gasteiger partial charge in [-0.3, -0.25) is 10.1 Å². The molecule has 1 N–H and O–H groups in total. The third-order valence-corrected chi connectivity index (χ3v) is 4.37. The first-order valence-electron chi connectivity index (χ1n) is 7.78. The predicted molar refractivity (Wildman–Crippen MR) is 80.8 cm³/mol. The van der Waals surface area contributed by atoms with E-state index in [4.69, 9.17) is 0 Å². The maximum absolute atomic E-state index is 12.7. The standard InChI is InChI=1S/C16H32N2O/c1-8-9-10-13-15(19)18(12(4)16(5,6)7)14(17-13)11(2)3/h11-14,17H,8-10H2,1-7H3. The second-order valence-corrected chi connectivity index (χ2v) is 7.34. The van der Waals surface area contributed by atoms with Crippen LogP contribution in [0.2, 0.25) is 0 Å². The van der Waals surface area contributed by atoms with E-state index in [1.54, 1.807) is 0 Å². The Morgan fingerprint density at radius 3 is 2.26 bits per heavy atom. The van der Waals surface area contributed by atoms with Crippen LogP contribution in [0.5, 0.6) is 0 Å². The van der Waals surface area contributed by atoms with Gasteiger partial charge in [0.05, 0.1) is 12.2 Å². The molecule has 1 heterocycles. The molecule has 1 amide bonds. The number of nitrogens with one attached hydrogen (secondary N) is 1. The van der Waals surface area contributed by atoms with Gasteiger partial charge in [-0.05, 0) is 24.7 Å². The van der Waals surface area contributed by atoms with Crippen LogP contribution >= 0.6 is 0 Å². The number of carbonyl (C=O) groups excluding carboxylic acids is 1. The summed E-state index contributed by atoms with van der Waals surface area (Å²) in [6.45, 7) is 15.4. The fourth-order valence-corrected chi connectivity index (χ4v) is 2.65. The maximum atomic E-state index is 12.7. The van der Waals surface area contributed by atoms with Gasteiger partial charge in [0.2, 0.25) is 5.91 Å². The first-order chi connectivity index (χ1) is 8.70. The van der Waals surface area contributed by atoms with E-state index in [0.717, 1.165) is 19.3 Å². The van der Waals surface area contributed by atoms with E-state index in [2.05, 4.69) is 58.7 Å². The monoisotopic (exact) mass is 268 g/mol. The van der Waals surface area contributed by atoms with Crippen molar-refractivity contribution in [1.29, 1.82) is 0 Å². The van der Waals surface area contributed by atoms with E-state index in [1.165, 1.54) is 0 Å². The van der Waals surface area contributed by atoms with Crippen LogP contribution in [0.1, 0.15) is 67.7 Å². The molecule has 0 bridgehead atoms. The molecule has 112 valence electrons. The highest BCUT2D eigenvalue weighted by Gasteiger charge is 2.44. The summed E-state index contributed by atoms with van der Waals surface area (Å²) < 4.78 is 0. The molecule has 3 heteroatoms. The molecule has 0 radical (unpaired) electrons. The molecule has 0 aliphatic carbocycles. The van der Waals surface area contributed by atoms with Crippen molar-refractivity contribution < 1.29 is 4.79 Å². The molecule has 0 aromatic heterocycles. The third-order valence-electron chi connectivity index (χ3n) is 4.37. The van der Waals surface area contributed by atoms with E-state index in [0.29, 0.717) is 11.8 Å². The van der Waals surface area contributed by atoms with E-state index in [-0.39, 0.29) is 23.7 Å². The van der Waals surface area contributed by atoms with Crippen LogP contribution in [0.25, 0.3) is 0 Å². The highest BCUT2D eigenvalue weighted by Crippen LogP contribution is 2.31. The molecule has 1 rings (SSSR count). The van der Waals surface area contributed by atoms with Gasteiger partial charge in [0.15, 0.2) is 0 Å². The molecule has 0 spiro atoms. The summed E-state index contributed by atoms with van der Waals surface area (Å²) in [5, 5.41) is 3.55. The van der Waals surface area contributed by atoms with Crippen LogP contribution < -0.4 is 5.32 Å². The predicted octanol–water partition coefficient (Wildman–Crippen LogP) is 3.39. The lowest BCUT2D eigenvalue weighted by atomic mass is 9.86. The van der Waals surface area contributed by atoms with E-state index in [9.17, 15) is 4.79 Å². The summed E-state index contributed by atoms with van der Waals surface area (Å²) in [7, 11) is 0. The number of rotatable bonds is 5. The molecule has 19 heavy (non-hydrogen) atoms. The summed E-state index contributed by atoms with van der Waals surface area (Å²) in [5.41, 5.74) is 0.115. The van der Waals surface area contributed by atoms with Crippen LogP contribution in [-0.4, -0.2) is 29.1 Å². The molecule has 3 atom stereocenters. The van der Waals surface area contributed by atoms with Crippen LogP contribution in [0, 0.1) is 11.3 Å². The molecule has 0 aromatic carbocycles. The van der Waals surface area contributed by atoms with Crippen molar-refractivity contribution in [3.8, 4) is 0 Å². The zero-order valence-corrected chi connectivity index (χ0v) is 13.8. The van der Waals surface area contributed by atoms with E-state index >= 15 is 0 Å². The van der Waals surface area contributed by atoms with Gasteiger partial charge in [-0.2, -0.15) is 0 Å². The van der Waals surface area contributed by atoms with E-state index in [1.807, 2.05) is 0 Å². The molecule has 1 fully saturated rings. The van der Waals surface area contributed by atoms with Crippen LogP contribution in [-0.2, 0) is 4.79 Å². The highest BCUT2D eigenvalue weighted by molar-refractivity contribution is 5.84. The van der Waals surface area contributed by atoms with Gasteiger partial charge in [0, 0.05) is 6.04 Å². The van der Waals surface area contributed by atoms with Crippen molar-refractivity contribution in [2.45, 2.75) is 86.0 Å². The molecule has 0 aromatic rings. The summed E-state index contributed by atoms with van der Waals surface area (Å²) in [6.07, 6.45) is 3.41. The first-order valence-corrected chi connectivity index (χ1v) is 7.78. The Balaban J connectivity index is 2.89. The minimum atomic E-state index is 0.0251. The largest absolute Gasteiger partial charge is 0.322 e. The second-order valence-electron chi connectivity index (χ2n) is 7.34. The number of carbonyl (C=O) groups is 1. The zero-order chi connectivity index (χ0) is 14.8. The summed E-state index contributed by atoms with van der Waals surface area (Å²) >= 11 is 0. The Labute approximate surface area is 119 Å². The van der Waals surface area contributed by atoms with Gasteiger partial charge in [-0.1, -0.05) is 54.4 Å². The number of unbranched alkanes of at least 4 members (excludes halogenated alkanes) is 1. The number of hydrogen-bond acceptors (Lipinski definition) is 2. The molecule has 0 saturated carbocycles. The Hall–Kier alpha value is -0.570. The molecule has 3 nitrogen and oxygen atoms in total. The topological polar surface area (TPSA) is 32.3 Å². The lowest BCUT2D eigenvalue weighted by Crippen LogP contribution is -2.50. The third kappa shape index (κ3) is 3.71. The lowest BCUT2D eigenvalue weighted by Gasteiger charge is -2.40. The average molecular weight is 268 g/mol. The molecule has 1 saturated heterocycles. The van der Waals surface area contributed by atoms with Crippen LogP contribution in [0.3, 0.4) is 0 Å². The molecule has 3 unspecified atom stereocenters. The molecular weight excluding hydrogens is 236 g/mol. The first kappa shape index (κ1) is 16.5. The van der Waals surface area contributed by atoms with Gasteiger partial charge in [-0.15, -0.1) is 0 Å². The Bertz CT molecular complexity index is 306.